The number of aryl methyl sites for hydroxylation is 1. The van der Waals surface area contributed by atoms with E-state index < -0.39 is 11.8 Å². The van der Waals surface area contributed by atoms with E-state index in [9.17, 15) is 9.18 Å². The third kappa shape index (κ3) is 2.81. The van der Waals surface area contributed by atoms with Gasteiger partial charge in [0.2, 0.25) is 0 Å². The maximum atomic E-state index is 14.0. The minimum atomic E-state index is -1.25. The van der Waals surface area contributed by atoms with Crippen molar-refractivity contribution in [1.29, 1.82) is 0 Å². The van der Waals surface area contributed by atoms with E-state index in [0.717, 1.165) is 18.8 Å². The first-order chi connectivity index (χ1) is 9.13. The minimum absolute atomic E-state index is 0.292. The number of hydrogen-bond donors (Lipinski definition) is 1. The van der Waals surface area contributed by atoms with Crippen LogP contribution >= 0.6 is 0 Å². The summed E-state index contributed by atoms with van der Waals surface area (Å²) in [5.41, 5.74) is 0.0505. The lowest BCUT2D eigenvalue weighted by Crippen LogP contribution is -2.07. The fourth-order valence-electron chi connectivity index (χ4n) is 2.00. The highest BCUT2D eigenvalue weighted by Gasteiger charge is 2.15. The zero-order chi connectivity index (χ0) is 13.8. The summed E-state index contributed by atoms with van der Waals surface area (Å²) in [6.45, 7) is 2.87. The number of carbonyl (C=O) groups is 1. The monoisotopic (exact) mass is 262 g/mol. The highest BCUT2D eigenvalue weighted by Crippen LogP contribution is 2.16. The van der Waals surface area contributed by atoms with E-state index in [0.29, 0.717) is 12.0 Å². The molecule has 1 aromatic heterocycles. The Hall–Kier alpha value is -2.17. The van der Waals surface area contributed by atoms with E-state index in [2.05, 4.69) is 11.9 Å². The van der Waals surface area contributed by atoms with Gasteiger partial charge in [-0.25, -0.2) is 14.2 Å². The van der Waals surface area contributed by atoms with Crippen molar-refractivity contribution in [2.45, 2.75) is 26.3 Å². The molecule has 100 valence electrons. The minimum Gasteiger partial charge on any atom is -0.478 e. The molecular formula is C14H15FN2O2. The molecule has 0 amide bonds. The van der Waals surface area contributed by atoms with Gasteiger partial charge in [0.25, 0.3) is 0 Å². The normalized spacial score (nSPS) is 10.6. The molecule has 0 radical (unpaired) electrons. The predicted octanol–water partition coefficient (Wildman–Crippen LogP) is 2.72. The summed E-state index contributed by atoms with van der Waals surface area (Å²) in [5.74, 6) is -1.19. The van der Waals surface area contributed by atoms with Gasteiger partial charge in [-0.1, -0.05) is 19.1 Å². The van der Waals surface area contributed by atoms with Crippen LogP contribution in [0, 0.1) is 5.82 Å². The quantitative estimate of drug-likeness (QED) is 0.901. The van der Waals surface area contributed by atoms with Gasteiger partial charge in [0.15, 0.2) is 0 Å². The summed E-state index contributed by atoms with van der Waals surface area (Å²) < 4.78 is 16.0. The van der Waals surface area contributed by atoms with Crippen molar-refractivity contribution in [3.63, 3.8) is 0 Å². The van der Waals surface area contributed by atoms with Gasteiger partial charge < -0.3 is 9.67 Å². The largest absolute Gasteiger partial charge is 0.478 e. The van der Waals surface area contributed by atoms with Crippen LogP contribution < -0.4 is 0 Å². The summed E-state index contributed by atoms with van der Waals surface area (Å²) in [7, 11) is 0. The molecule has 2 rings (SSSR count). The molecule has 5 heteroatoms. The fraction of sp³-hybridized carbons (Fsp3) is 0.286. The highest BCUT2D eigenvalue weighted by molar-refractivity contribution is 5.88. The second-order valence-electron chi connectivity index (χ2n) is 4.30. The molecule has 1 N–H and O–H groups in total. The molecule has 0 saturated carbocycles. The number of imidazole rings is 1. The highest BCUT2D eigenvalue weighted by atomic mass is 19.1. The number of hydrogen-bond acceptors (Lipinski definition) is 2. The summed E-state index contributed by atoms with van der Waals surface area (Å²) in [6.07, 6.45) is 4.77. The number of halogens is 1. The Morgan fingerprint density at radius 2 is 2.26 bits per heavy atom. The molecule has 0 atom stereocenters. The fourth-order valence-corrected chi connectivity index (χ4v) is 2.00. The van der Waals surface area contributed by atoms with Gasteiger partial charge in [0.05, 0.1) is 5.56 Å². The zero-order valence-electron chi connectivity index (χ0n) is 10.6. The van der Waals surface area contributed by atoms with Gasteiger partial charge >= 0.3 is 5.97 Å². The van der Waals surface area contributed by atoms with Crippen LogP contribution in [-0.4, -0.2) is 20.6 Å². The number of rotatable bonds is 5. The Morgan fingerprint density at radius 1 is 1.47 bits per heavy atom. The number of benzene rings is 1. The Kier molecular flexibility index (Phi) is 3.94. The van der Waals surface area contributed by atoms with Crippen molar-refractivity contribution < 1.29 is 14.3 Å². The molecule has 0 spiro atoms. The van der Waals surface area contributed by atoms with Gasteiger partial charge in [-0.15, -0.1) is 0 Å². The molecule has 1 aromatic carbocycles. The van der Waals surface area contributed by atoms with Crippen molar-refractivity contribution >= 4 is 5.97 Å². The van der Waals surface area contributed by atoms with Crippen molar-refractivity contribution in [3.8, 4) is 0 Å². The Balaban J connectivity index is 2.31. The number of aromatic carboxylic acids is 1. The molecule has 0 aliphatic rings. The molecule has 0 bridgehead atoms. The second kappa shape index (κ2) is 5.65. The van der Waals surface area contributed by atoms with Crippen LogP contribution in [0.5, 0.6) is 0 Å². The predicted molar refractivity (Wildman–Crippen MR) is 68.7 cm³/mol. The Labute approximate surface area is 110 Å². The third-order valence-corrected chi connectivity index (χ3v) is 2.92. The molecule has 0 fully saturated rings. The number of carboxylic acids is 1. The van der Waals surface area contributed by atoms with E-state index in [1.165, 1.54) is 6.07 Å². The van der Waals surface area contributed by atoms with Gasteiger partial charge in [0.1, 0.15) is 11.6 Å². The molecule has 2 aromatic rings. The SMILES string of the molecule is CCCn1ccnc1Cc1cccc(C(=O)O)c1F. The lowest BCUT2D eigenvalue weighted by molar-refractivity contribution is 0.0691. The van der Waals surface area contributed by atoms with Crippen LogP contribution in [0.2, 0.25) is 0 Å². The molecule has 0 aliphatic carbocycles. The maximum Gasteiger partial charge on any atom is 0.338 e. The van der Waals surface area contributed by atoms with Crippen molar-refractivity contribution in [3.05, 3.63) is 53.4 Å². The summed E-state index contributed by atoms with van der Waals surface area (Å²) in [4.78, 5) is 15.1. The number of nitrogens with zero attached hydrogens (tertiary/aromatic N) is 2. The van der Waals surface area contributed by atoms with Gasteiger partial charge in [0, 0.05) is 25.4 Å². The van der Waals surface area contributed by atoms with Crippen LogP contribution in [0.1, 0.15) is 35.1 Å². The lowest BCUT2D eigenvalue weighted by atomic mass is 10.1. The molecule has 0 aliphatic heterocycles. The Bertz CT molecular complexity index is 593. The third-order valence-electron chi connectivity index (χ3n) is 2.92. The zero-order valence-corrected chi connectivity index (χ0v) is 10.6. The summed E-state index contributed by atoms with van der Waals surface area (Å²) in [6, 6.07) is 4.40. The molecule has 19 heavy (non-hydrogen) atoms. The van der Waals surface area contributed by atoms with Crippen LogP contribution in [0.4, 0.5) is 4.39 Å². The smallest absolute Gasteiger partial charge is 0.338 e. The second-order valence-corrected chi connectivity index (χ2v) is 4.30. The van der Waals surface area contributed by atoms with E-state index in [-0.39, 0.29) is 5.56 Å². The van der Waals surface area contributed by atoms with E-state index in [1.807, 2.05) is 10.8 Å². The summed E-state index contributed by atoms with van der Waals surface area (Å²) >= 11 is 0. The first-order valence-corrected chi connectivity index (χ1v) is 6.14. The average molecular weight is 262 g/mol. The van der Waals surface area contributed by atoms with Crippen molar-refractivity contribution in [2.24, 2.45) is 0 Å². The van der Waals surface area contributed by atoms with Crippen LogP contribution in [-0.2, 0) is 13.0 Å². The maximum absolute atomic E-state index is 14.0. The van der Waals surface area contributed by atoms with E-state index >= 15 is 0 Å². The Morgan fingerprint density at radius 3 is 2.95 bits per heavy atom. The number of carboxylic acid groups (broad SMARTS) is 1. The molecule has 4 nitrogen and oxygen atoms in total. The van der Waals surface area contributed by atoms with Gasteiger partial charge in [-0.05, 0) is 18.1 Å². The van der Waals surface area contributed by atoms with Gasteiger partial charge in [-0.2, -0.15) is 0 Å². The molecule has 0 unspecified atom stereocenters. The van der Waals surface area contributed by atoms with Crippen LogP contribution in [0.25, 0.3) is 0 Å². The topological polar surface area (TPSA) is 55.1 Å². The molecule has 0 saturated heterocycles. The molecular weight excluding hydrogens is 247 g/mol. The van der Waals surface area contributed by atoms with Crippen molar-refractivity contribution in [1.82, 2.24) is 9.55 Å². The lowest BCUT2D eigenvalue weighted by Gasteiger charge is -2.08. The van der Waals surface area contributed by atoms with Crippen molar-refractivity contribution in [2.75, 3.05) is 0 Å². The average Bonchev–Trinajstić information content (AvgIpc) is 2.79. The van der Waals surface area contributed by atoms with E-state index in [1.54, 1.807) is 18.3 Å². The number of aromatic nitrogens is 2. The first-order valence-electron chi connectivity index (χ1n) is 6.14. The standard InChI is InChI=1S/C14H15FN2O2/c1-2-7-17-8-6-16-12(17)9-10-4-3-5-11(13(10)15)14(18)19/h3-6,8H,2,7,9H2,1H3,(H,18,19). The van der Waals surface area contributed by atoms with Gasteiger partial charge in [-0.3, -0.25) is 0 Å². The van der Waals surface area contributed by atoms with Crippen LogP contribution in [0.15, 0.2) is 30.6 Å². The molecule has 1 heterocycles. The van der Waals surface area contributed by atoms with E-state index in [4.69, 9.17) is 5.11 Å². The first kappa shape index (κ1) is 13.3. The summed E-state index contributed by atoms with van der Waals surface area (Å²) in [5, 5.41) is 8.89. The van der Waals surface area contributed by atoms with Crippen LogP contribution in [0.3, 0.4) is 0 Å².